The second kappa shape index (κ2) is 6.17. The van der Waals surface area contributed by atoms with Crippen LogP contribution in [0.1, 0.15) is 33.3 Å². The quantitative estimate of drug-likeness (QED) is 0.836. The van der Waals surface area contributed by atoms with Crippen molar-refractivity contribution in [3.8, 4) is 5.75 Å². The predicted molar refractivity (Wildman–Crippen MR) is 80.3 cm³/mol. The largest absolute Gasteiger partial charge is 0.480 e. The molecule has 1 rings (SSSR count). The average molecular weight is 298 g/mol. The third-order valence-electron chi connectivity index (χ3n) is 2.39. The van der Waals surface area contributed by atoms with Gasteiger partial charge in [-0.3, -0.25) is 4.79 Å². The van der Waals surface area contributed by atoms with E-state index in [4.69, 9.17) is 22.7 Å². The highest BCUT2D eigenvalue weighted by molar-refractivity contribution is 7.80. The first-order chi connectivity index (χ1) is 9.11. The van der Waals surface area contributed by atoms with Gasteiger partial charge in [-0.25, -0.2) is 4.39 Å². The fourth-order valence-electron chi connectivity index (χ4n) is 1.56. The Bertz CT molecular complexity index is 526. The maximum Gasteiger partial charge on any atom is 0.261 e. The van der Waals surface area contributed by atoms with Gasteiger partial charge in [0.15, 0.2) is 6.10 Å². The van der Waals surface area contributed by atoms with Crippen LogP contribution >= 0.6 is 12.2 Å². The molecular formula is C14H19FN2O2S. The molecule has 1 unspecified atom stereocenters. The van der Waals surface area contributed by atoms with Crippen LogP contribution in [0.15, 0.2) is 18.2 Å². The molecule has 1 aromatic rings. The van der Waals surface area contributed by atoms with Crippen molar-refractivity contribution < 1.29 is 13.9 Å². The summed E-state index contributed by atoms with van der Waals surface area (Å²) in [6, 6.07) is 4.24. The number of benzene rings is 1. The maximum atomic E-state index is 13.7. The minimum absolute atomic E-state index is 0.0120. The first-order valence-electron chi connectivity index (χ1n) is 6.19. The molecule has 0 saturated heterocycles. The van der Waals surface area contributed by atoms with Gasteiger partial charge in [0.1, 0.15) is 16.6 Å². The van der Waals surface area contributed by atoms with Crippen LogP contribution in [0.25, 0.3) is 0 Å². The van der Waals surface area contributed by atoms with Crippen LogP contribution in [0.4, 0.5) is 4.39 Å². The number of rotatable bonds is 4. The highest BCUT2D eigenvalue weighted by Crippen LogP contribution is 2.22. The monoisotopic (exact) mass is 298 g/mol. The lowest BCUT2D eigenvalue weighted by Crippen LogP contribution is -2.46. The van der Waals surface area contributed by atoms with E-state index in [2.05, 4.69) is 5.32 Å². The number of hydrogen-bond donors (Lipinski definition) is 2. The van der Waals surface area contributed by atoms with Crippen molar-refractivity contribution in [2.75, 3.05) is 0 Å². The van der Waals surface area contributed by atoms with Gasteiger partial charge in [-0.15, -0.1) is 0 Å². The lowest BCUT2D eigenvalue weighted by atomic mass is 10.1. The number of ether oxygens (including phenoxy) is 1. The van der Waals surface area contributed by atoms with Crippen molar-refractivity contribution in [3.05, 3.63) is 29.6 Å². The van der Waals surface area contributed by atoms with Gasteiger partial charge in [-0.2, -0.15) is 0 Å². The van der Waals surface area contributed by atoms with Gasteiger partial charge < -0.3 is 15.8 Å². The summed E-state index contributed by atoms with van der Waals surface area (Å²) in [6.45, 7) is 7.16. The average Bonchev–Trinajstić information content (AvgIpc) is 2.25. The second-order valence-corrected chi connectivity index (χ2v) is 5.92. The summed E-state index contributed by atoms with van der Waals surface area (Å²) >= 11 is 4.80. The summed E-state index contributed by atoms with van der Waals surface area (Å²) in [4.78, 5) is 11.8. The Hall–Kier alpha value is -1.69. The van der Waals surface area contributed by atoms with E-state index in [1.165, 1.54) is 18.2 Å². The van der Waals surface area contributed by atoms with E-state index in [0.29, 0.717) is 0 Å². The summed E-state index contributed by atoms with van der Waals surface area (Å²) in [7, 11) is 0. The summed E-state index contributed by atoms with van der Waals surface area (Å²) in [5.41, 5.74) is 5.12. The molecule has 0 spiro atoms. The molecule has 1 atom stereocenters. The Morgan fingerprint density at radius 2 is 2.05 bits per heavy atom. The SMILES string of the molecule is CC(Oc1cccc(F)c1C(N)=S)C(=O)NC(C)(C)C. The van der Waals surface area contributed by atoms with Crippen LogP contribution in [0.2, 0.25) is 0 Å². The Balaban J connectivity index is 2.91. The molecular weight excluding hydrogens is 279 g/mol. The topological polar surface area (TPSA) is 64.3 Å². The third kappa shape index (κ3) is 4.45. The number of carbonyl (C=O) groups is 1. The molecule has 20 heavy (non-hydrogen) atoms. The Labute approximate surface area is 123 Å². The van der Waals surface area contributed by atoms with Crippen molar-refractivity contribution in [2.45, 2.75) is 39.3 Å². The van der Waals surface area contributed by atoms with Gasteiger partial charge in [0.25, 0.3) is 5.91 Å². The zero-order valence-corrected chi connectivity index (χ0v) is 12.8. The predicted octanol–water partition coefficient (Wildman–Crippen LogP) is 2.14. The number of carbonyl (C=O) groups excluding carboxylic acids is 1. The lowest BCUT2D eigenvalue weighted by molar-refractivity contribution is -0.128. The summed E-state index contributed by atoms with van der Waals surface area (Å²) < 4.78 is 19.2. The molecule has 0 aliphatic heterocycles. The first-order valence-corrected chi connectivity index (χ1v) is 6.59. The molecule has 0 aromatic heterocycles. The number of amides is 1. The molecule has 0 radical (unpaired) electrons. The molecule has 6 heteroatoms. The highest BCUT2D eigenvalue weighted by atomic mass is 32.1. The minimum atomic E-state index is -0.788. The van der Waals surface area contributed by atoms with Crippen LogP contribution in [0.5, 0.6) is 5.75 Å². The van der Waals surface area contributed by atoms with E-state index < -0.39 is 11.9 Å². The van der Waals surface area contributed by atoms with E-state index in [0.717, 1.165) is 0 Å². The van der Waals surface area contributed by atoms with Crippen molar-refractivity contribution in [2.24, 2.45) is 5.73 Å². The van der Waals surface area contributed by atoms with E-state index in [1.54, 1.807) is 6.92 Å². The van der Waals surface area contributed by atoms with Gasteiger partial charge in [0.05, 0.1) is 5.56 Å². The molecule has 0 aliphatic rings. The molecule has 3 N–H and O–H groups in total. The Morgan fingerprint density at radius 1 is 1.45 bits per heavy atom. The number of halogens is 1. The maximum absolute atomic E-state index is 13.7. The zero-order chi connectivity index (χ0) is 15.5. The molecule has 0 aliphatic carbocycles. The Kier molecular flexibility index (Phi) is 5.05. The van der Waals surface area contributed by atoms with E-state index in [1.807, 2.05) is 20.8 Å². The molecule has 110 valence electrons. The summed E-state index contributed by atoms with van der Waals surface area (Å²) in [5.74, 6) is -0.705. The fourth-order valence-corrected chi connectivity index (χ4v) is 1.75. The van der Waals surface area contributed by atoms with E-state index in [-0.39, 0.29) is 27.7 Å². The van der Waals surface area contributed by atoms with Gasteiger partial charge in [0.2, 0.25) is 0 Å². The van der Waals surface area contributed by atoms with Gasteiger partial charge in [0, 0.05) is 5.54 Å². The van der Waals surface area contributed by atoms with Crippen molar-refractivity contribution in [1.82, 2.24) is 5.32 Å². The number of nitrogens with one attached hydrogen (secondary N) is 1. The molecule has 0 fully saturated rings. The third-order valence-corrected chi connectivity index (χ3v) is 2.60. The summed E-state index contributed by atoms with van der Waals surface area (Å²) in [5, 5.41) is 2.78. The minimum Gasteiger partial charge on any atom is -0.480 e. The molecule has 1 aromatic carbocycles. The molecule has 0 saturated carbocycles. The molecule has 4 nitrogen and oxygen atoms in total. The van der Waals surface area contributed by atoms with Crippen molar-refractivity contribution >= 4 is 23.1 Å². The van der Waals surface area contributed by atoms with Gasteiger partial charge in [-0.05, 0) is 39.8 Å². The lowest BCUT2D eigenvalue weighted by Gasteiger charge is -2.24. The van der Waals surface area contributed by atoms with Crippen LogP contribution in [0, 0.1) is 5.82 Å². The Morgan fingerprint density at radius 3 is 2.55 bits per heavy atom. The number of hydrogen-bond acceptors (Lipinski definition) is 3. The smallest absolute Gasteiger partial charge is 0.261 e. The summed E-state index contributed by atoms with van der Waals surface area (Å²) in [6.07, 6.45) is -0.788. The van der Waals surface area contributed by atoms with E-state index in [9.17, 15) is 9.18 Å². The van der Waals surface area contributed by atoms with Crippen LogP contribution in [-0.4, -0.2) is 22.5 Å². The van der Waals surface area contributed by atoms with Crippen LogP contribution < -0.4 is 15.8 Å². The number of thiocarbonyl (C=S) groups is 1. The number of nitrogens with two attached hydrogens (primary N) is 1. The van der Waals surface area contributed by atoms with Crippen LogP contribution in [-0.2, 0) is 4.79 Å². The highest BCUT2D eigenvalue weighted by Gasteiger charge is 2.22. The van der Waals surface area contributed by atoms with Crippen molar-refractivity contribution in [1.29, 1.82) is 0 Å². The standard InChI is InChI=1S/C14H19FN2O2S/c1-8(13(18)17-14(2,3)4)19-10-7-5-6-9(15)11(10)12(16)20/h5-8H,1-4H3,(H2,16,20)(H,17,18). The molecule has 1 amide bonds. The van der Waals surface area contributed by atoms with Crippen LogP contribution in [0.3, 0.4) is 0 Å². The van der Waals surface area contributed by atoms with Crippen molar-refractivity contribution in [3.63, 3.8) is 0 Å². The first kappa shape index (κ1) is 16.4. The molecule has 0 bridgehead atoms. The normalized spacial score (nSPS) is 12.7. The van der Waals surface area contributed by atoms with Gasteiger partial charge >= 0.3 is 0 Å². The molecule has 0 heterocycles. The van der Waals surface area contributed by atoms with E-state index >= 15 is 0 Å². The second-order valence-electron chi connectivity index (χ2n) is 5.48. The fraction of sp³-hybridized carbons (Fsp3) is 0.429. The van der Waals surface area contributed by atoms with Gasteiger partial charge in [-0.1, -0.05) is 18.3 Å². The zero-order valence-electron chi connectivity index (χ0n) is 12.0.